The molecule has 0 saturated carbocycles. The molecule has 1 atom stereocenters. The van der Waals surface area contributed by atoms with E-state index in [2.05, 4.69) is 4.98 Å². The molecule has 0 N–H and O–H groups in total. The molecule has 1 aliphatic rings. The third-order valence-electron chi connectivity index (χ3n) is 3.81. The molecule has 5 heteroatoms. The molecule has 0 amide bonds. The fourth-order valence-electron chi connectivity index (χ4n) is 2.65. The molecule has 0 spiro atoms. The Labute approximate surface area is 129 Å². The van der Waals surface area contributed by atoms with Crippen LogP contribution in [0.25, 0.3) is 0 Å². The highest BCUT2D eigenvalue weighted by Crippen LogP contribution is 2.33. The summed E-state index contributed by atoms with van der Waals surface area (Å²) >= 11 is 0. The number of para-hydroxylation sites is 1. The van der Waals surface area contributed by atoms with Crippen LogP contribution in [-0.4, -0.2) is 24.2 Å². The van der Waals surface area contributed by atoms with E-state index in [9.17, 15) is 4.79 Å². The maximum absolute atomic E-state index is 12.2. The van der Waals surface area contributed by atoms with Crippen LogP contribution in [0.15, 0.2) is 35.1 Å². The van der Waals surface area contributed by atoms with E-state index in [0.717, 1.165) is 17.7 Å². The Morgan fingerprint density at radius 3 is 3.05 bits per heavy atom. The van der Waals surface area contributed by atoms with Gasteiger partial charge in [0.2, 0.25) is 0 Å². The predicted molar refractivity (Wildman–Crippen MR) is 80.2 cm³/mol. The number of hydrogen-bond donors (Lipinski definition) is 0. The summed E-state index contributed by atoms with van der Waals surface area (Å²) in [6.07, 6.45) is 2.12. The Morgan fingerprint density at radius 1 is 1.41 bits per heavy atom. The predicted octanol–water partition coefficient (Wildman–Crippen LogP) is 3.52. The molecule has 22 heavy (non-hydrogen) atoms. The number of carbonyl (C=O) groups is 1. The van der Waals surface area contributed by atoms with Gasteiger partial charge < -0.3 is 13.9 Å². The van der Waals surface area contributed by atoms with E-state index in [-0.39, 0.29) is 17.5 Å². The minimum absolute atomic E-state index is 0.0915. The van der Waals surface area contributed by atoms with Crippen LogP contribution < -0.4 is 4.74 Å². The van der Waals surface area contributed by atoms with Crippen molar-refractivity contribution in [2.24, 2.45) is 0 Å². The topological polar surface area (TPSA) is 61.6 Å². The summed E-state index contributed by atoms with van der Waals surface area (Å²) in [5, 5.41) is 0. The quantitative estimate of drug-likeness (QED) is 0.809. The Hall–Kier alpha value is -2.30. The van der Waals surface area contributed by atoms with Crippen LogP contribution in [0.4, 0.5) is 0 Å². The molecule has 1 aliphatic heterocycles. The fraction of sp³-hybridized carbons (Fsp3) is 0.412. The van der Waals surface area contributed by atoms with Crippen LogP contribution in [-0.2, 0) is 4.74 Å². The number of fused-ring (bicyclic) bond motifs is 1. The molecule has 0 unspecified atom stereocenters. The monoisotopic (exact) mass is 301 g/mol. The van der Waals surface area contributed by atoms with E-state index in [1.807, 2.05) is 38.1 Å². The van der Waals surface area contributed by atoms with Gasteiger partial charge in [0.25, 0.3) is 0 Å². The number of carbonyl (C=O) groups excluding carboxylic acids is 1. The first-order valence-electron chi connectivity index (χ1n) is 7.49. The number of oxazole rings is 1. The minimum atomic E-state index is -0.429. The summed E-state index contributed by atoms with van der Waals surface area (Å²) < 4.78 is 16.3. The fourth-order valence-corrected chi connectivity index (χ4v) is 2.65. The van der Waals surface area contributed by atoms with Crippen molar-refractivity contribution in [1.82, 2.24) is 4.98 Å². The molecule has 116 valence electrons. The molecular formula is C17H19NO4. The van der Waals surface area contributed by atoms with E-state index in [1.165, 1.54) is 6.39 Å². The van der Waals surface area contributed by atoms with Crippen LogP contribution in [0.3, 0.4) is 0 Å². The molecular weight excluding hydrogens is 282 g/mol. The lowest BCUT2D eigenvalue weighted by Crippen LogP contribution is -2.20. The van der Waals surface area contributed by atoms with Crippen molar-refractivity contribution in [2.75, 3.05) is 13.2 Å². The third-order valence-corrected chi connectivity index (χ3v) is 3.81. The highest BCUT2D eigenvalue weighted by molar-refractivity contribution is 5.88. The summed E-state index contributed by atoms with van der Waals surface area (Å²) in [6.45, 7) is 4.86. The van der Waals surface area contributed by atoms with Gasteiger partial charge in [0.05, 0.1) is 13.2 Å². The van der Waals surface area contributed by atoms with Gasteiger partial charge in [-0.05, 0) is 12.5 Å². The van der Waals surface area contributed by atoms with Gasteiger partial charge in [-0.25, -0.2) is 9.78 Å². The summed E-state index contributed by atoms with van der Waals surface area (Å²) in [7, 11) is 0. The second kappa shape index (κ2) is 6.22. The van der Waals surface area contributed by atoms with Crippen molar-refractivity contribution >= 4 is 5.97 Å². The molecule has 0 bridgehead atoms. The van der Waals surface area contributed by atoms with E-state index in [4.69, 9.17) is 13.9 Å². The first-order valence-corrected chi connectivity index (χ1v) is 7.49. The highest BCUT2D eigenvalue weighted by atomic mass is 16.5. The zero-order chi connectivity index (χ0) is 15.5. The average molecular weight is 301 g/mol. The van der Waals surface area contributed by atoms with E-state index < -0.39 is 5.97 Å². The van der Waals surface area contributed by atoms with Gasteiger partial charge in [-0.1, -0.05) is 32.0 Å². The standard InChI is InChI=1S/C17H19NO4/c1-11(2)16-15(18-10-22-16)17(19)21-9-12-7-8-20-14-6-4-3-5-13(12)14/h3-6,10-12H,7-9H2,1-2H3/t12-/m1/s1. The molecule has 2 heterocycles. The number of aromatic nitrogens is 1. The highest BCUT2D eigenvalue weighted by Gasteiger charge is 2.25. The van der Waals surface area contributed by atoms with Gasteiger partial charge in [0, 0.05) is 17.4 Å². The maximum Gasteiger partial charge on any atom is 0.360 e. The van der Waals surface area contributed by atoms with Crippen molar-refractivity contribution in [2.45, 2.75) is 32.1 Å². The van der Waals surface area contributed by atoms with Gasteiger partial charge in [-0.2, -0.15) is 0 Å². The molecule has 1 aromatic heterocycles. The average Bonchev–Trinajstić information content (AvgIpc) is 3.02. The van der Waals surface area contributed by atoms with Gasteiger partial charge in [-0.15, -0.1) is 0 Å². The summed E-state index contributed by atoms with van der Waals surface area (Å²) in [5.41, 5.74) is 1.36. The first-order chi connectivity index (χ1) is 10.7. The van der Waals surface area contributed by atoms with Crippen molar-refractivity contribution in [3.8, 4) is 5.75 Å². The number of hydrogen-bond acceptors (Lipinski definition) is 5. The smallest absolute Gasteiger partial charge is 0.360 e. The second-order valence-electron chi connectivity index (χ2n) is 5.69. The first kappa shape index (κ1) is 14.6. The van der Waals surface area contributed by atoms with E-state index >= 15 is 0 Å². The number of benzene rings is 1. The number of esters is 1. The van der Waals surface area contributed by atoms with Crippen LogP contribution in [0, 0.1) is 0 Å². The number of ether oxygens (including phenoxy) is 2. The normalized spacial score (nSPS) is 17.0. The molecule has 0 aliphatic carbocycles. The van der Waals surface area contributed by atoms with Crippen LogP contribution in [0.1, 0.15) is 53.9 Å². The summed E-state index contributed by atoms with van der Waals surface area (Å²) in [6, 6.07) is 7.87. The van der Waals surface area contributed by atoms with E-state index in [0.29, 0.717) is 19.0 Å². The lowest BCUT2D eigenvalue weighted by Gasteiger charge is -2.25. The van der Waals surface area contributed by atoms with Crippen LogP contribution >= 0.6 is 0 Å². The molecule has 0 fully saturated rings. The molecule has 2 aromatic rings. The van der Waals surface area contributed by atoms with Crippen molar-refractivity contribution < 1.29 is 18.7 Å². The Kier molecular flexibility index (Phi) is 4.13. The maximum atomic E-state index is 12.2. The van der Waals surface area contributed by atoms with Gasteiger partial charge in [-0.3, -0.25) is 0 Å². The lowest BCUT2D eigenvalue weighted by atomic mass is 9.94. The molecule has 1 aromatic carbocycles. The van der Waals surface area contributed by atoms with Crippen molar-refractivity contribution in [1.29, 1.82) is 0 Å². The second-order valence-corrected chi connectivity index (χ2v) is 5.69. The van der Waals surface area contributed by atoms with Gasteiger partial charge in [0.1, 0.15) is 11.5 Å². The van der Waals surface area contributed by atoms with Crippen molar-refractivity contribution in [3.63, 3.8) is 0 Å². The lowest BCUT2D eigenvalue weighted by molar-refractivity contribution is 0.0450. The largest absolute Gasteiger partial charge is 0.493 e. The molecule has 3 rings (SSSR count). The van der Waals surface area contributed by atoms with E-state index in [1.54, 1.807) is 0 Å². The summed E-state index contributed by atoms with van der Waals surface area (Å²) in [5.74, 6) is 1.26. The third kappa shape index (κ3) is 2.84. The minimum Gasteiger partial charge on any atom is -0.493 e. The number of rotatable bonds is 4. The molecule has 0 radical (unpaired) electrons. The SMILES string of the molecule is CC(C)c1ocnc1C(=O)OC[C@H]1CCOc2ccccc21. The Morgan fingerprint density at radius 2 is 2.23 bits per heavy atom. The Bertz CT molecular complexity index is 662. The van der Waals surface area contributed by atoms with Crippen LogP contribution in [0.5, 0.6) is 5.75 Å². The zero-order valence-corrected chi connectivity index (χ0v) is 12.7. The zero-order valence-electron chi connectivity index (χ0n) is 12.7. The van der Waals surface area contributed by atoms with Gasteiger partial charge >= 0.3 is 5.97 Å². The molecule has 0 saturated heterocycles. The van der Waals surface area contributed by atoms with Crippen molar-refractivity contribution in [3.05, 3.63) is 47.7 Å². The van der Waals surface area contributed by atoms with Gasteiger partial charge in [0.15, 0.2) is 12.1 Å². The van der Waals surface area contributed by atoms with Crippen LogP contribution in [0.2, 0.25) is 0 Å². The Balaban J connectivity index is 1.68. The number of nitrogens with zero attached hydrogens (tertiary/aromatic N) is 1. The summed E-state index contributed by atoms with van der Waals surface area (Å²) in [4.78, 5) is 16.2. The molecule has 5 nitrogen and oxygen atoms in total.